The molecule has 94 valence electrons. The van der Waals surface area contributed by atoms with E-state index in [4.69, 9.17) is 16.3 Å². The van der Waals surface area contributed by atoms with Crippen LogP contribution in [0.5, 0.6) is 0 Å². The van der Waals surface area contributed by atoms with Crippen LogP contribution in [0.2, 0.25) is 5.02 Å². The van der Waals surface area contributed by atoms with Gasteiger partial charge in [-0.05, 0) is 31.0 Å². The number of carbonyl (C=O) groups excluding carboxylic acids is 1. The lowest BCUT2D eigenvalue weighted by molar-refractivity contribution is -0.143. The second-order valence-electron chi connectivity index (χ2n) is 3.93. The van der Waals surface area contributed by atoms with Crippen molar-refractivity contribution in [2.24, 2.45) is 0 Å². The molecular formula is C13H18ClNO2. The zero-order valence-electron chi connectivity index (χ0n) is 10.4. The molecule has 0 saturated carbocycles. The van der Waals surface area contributed by atoms with Gasteiger partial charge in [-0.3, -0.25) is 10.1 Å². The lowest BCUT2D eigenvalue weighted by Crippen LogP contribution is -2.38. The van der Waals surface area contributed by atoms with Crippen molar-refractivity contribution in [2.45, 2.75) is 32.4 Å². The molecule has 0 spiro atoms. The summed E-state index contributed by atoms with van der Waals surface area (Å²) in [4.78, 5) is 11.5. The fourth-order valence-electron chi connectivity index (χ4n) is 1.67. The summed E-state index contributed by atoms with van der Waals surface area (Å²) in [6.45, 7) is 3.94. The monoisotopic (exact) mass is 255 g/mol. The van der Waals surface area contributed by atoms with E-state index < -0.39 is 0 Å². The molecule has 0 bridgehead atoms. The van der Waals surface area contributed by atoms with Gasteiger partial charge >= 0.3 is 5.97 Å². The highest BCUT2D eigenvalue weighted by Gasteiger charge is 2.19. The maximum Gasteiger partial charge on any atom is 0.322 e. The van der Waals surface area contributed by atoms with Crippen molar-refractivity contribution < 1.29 is 9.53 Å². The molecule has 0 aliphatic rings. The molecule has 0 fully saturated rings. The van der Waals surface area contributed by atoms with Gasteiger partial charge in [0.05, 0.1) is 7.11 Å². The molecule has 0 amide bonds. The topological polar surface area (TPSA) is 38.3 Å². The Labute approximate surface area is 107 Å². The first-order valence-electron chi connectivity index (χ1n) is 5.67. The lowest BCUT2D eigenvalue weighted by atomic mass is 10.1. The molecule has 4 heteroatoms. The highest BCUT2D eigenvalue weighted by Crippen LogP contribution is 2.18. The number of nitrogens with one attached hydrogen (secondary N) is 1. The molecule has 17 heavy (non-hydrogen) atoms. The van der Waals surface area contributed by atoms with Crippen LogP contribution in [0.3, 0.4) is 0 Å². The minimum atomic E-state index is -0.283. The highest BCUT2D eigenvalue weighted by molar-refractivity contribution is 6.30. The predicted molar refractivity (Wildman–Crippen MR) is 69.1 cm³/mol. The normalized spacial score (nSPS) is 14.1. The van der Waals surface area contributed by atoms with E-state index in [1.54, 1.807) is 0 Å². The molecule has 0 heterocycles. The fourth-order valence-corrected chi connectivity index (χ4v) is 1.87. The number of hydrogen-bond donors (Lipinski definition) is 1. The number of esters is 1. The Bertz CT molecular complexity index is 381. The number of hydrogen-bond acceptors (Lipinski definition) is 3. The first kappa shape index (κ1) is 14.0. The molecule has 0 aliphatic carbocycles. The van der Waals surface area contributed by atoms with Gasteiger partial charge in [0.25, 0.3) is 0 Å². The van der Waals surface area contributed by atoms with Crippen LogP contribution >= 0.6 is 11.6 Å². The zero-order chi connectivity index (χ0) is 12.8. The fraction of sp³-hybridized carbons (Fsp3) is 0.462. The first-order chi connectivity index (χ1) is 8.08. The number of carbonyl (C=O) groups is 1. The third-order valence-corrected chi connectivity index (χ3v) is 2.93. The van der Waals surface area contributed by atoms with Crippen molar-refractivity contribution in [3.8, 4) is 0 Å². The van der Waals surface area contributed by atoms with E-state index >= 15 is 0 Å². The van der Waals surface area contributed by atoms with E-state index in [9.17, 15) is 4.79 Å². The second-order valence-corrected chi connectivity index (χ2v) is 4.36. The van der Waals surface area contributed by atoms with Gasteiger partial charge in [-0.25, -0.2) is 0 Å². The predicted octanol–water partition coefficient (Wildman–Crippen LogP) is 2.94. The Kier molecular flexibility index (Phi) is 5.45. The number of methoxy groups -OCH3 is 1. The summed E-state index contributed by atoms with van der Waals surface area (Å²) in [5.41, 5.74) is 1.06. The molecule has 0 saturated heterocycles. The lowest BCUT2D eigenvalue weighted by Gasteiger charge is -2.20. The molecule has 1 aromatic rings. The van der Waals surface area contributed by atoms with Crippen molar-refractivity contribution in [1.82, 2.24) is 5.32 Å². The van der Waals surface area contributed by atoms with Crippen LogP contribution in [-0.4, -0.2) is 19.1 Å². The van der Waals surface area contributed by atoms with Gasteiger partial charge in [-0.15, -0.1) is 0 Å². The summed E-state index contributed by atoms with van der Waals surface area (Å²) in [6.07, 6.45) is 0.692. The summed E-state index contributed by atoms with van der Waals surface area (Å²) in [5, 5.41) is 3.92. The highest BCUT2D eigenvalue weighted by atomic mass is 35.5. The summed E-state index contributed by atoms with van der Waals surface area (Å²) in [5.74, 6) is -0.235. The first-order valence-corrected chi connectivity index (χ1v) is 6.05. The number of benzene rings is 1. The molecule has 0 radical (unpaired) electrons. The van der Waals surface area contributed by atoms with E-state index in [2.05, 4.69) is 5.32 Å². The Hall–Kier alpha value is -1.06. The average Bonchev–Trinajstić information content (AvgIpc) is 2.34. The number of rotatable bonds is 5. The largest absolute Gasteiger partial charge is 0.468 e. The van der Waals surface area contributed by atoms with Crippen molar-refractivity contribution in [1.29, 1.82) is 0 Å². The van der Waals surface area contributed by atoms with Crippen LogP contribution < -0.4 is 5.32 Å². The molecule has 1 aromatic carbocycles. The van der Waals surface area contributed by atoms with E-state index in [1.807, 2.05) is 38.1 Å². The summed E-state index contributed by atoms with van der Waals surface area (Å²) in [6, 6.07) is 7.37. The van der Waals surface area contributed by atoms with Crippen molar-refractivity contribution >= 4 is 17.6 Å². The number of ether oxygens (including phenoxy) is 1. The zero-order valence-corrected chi connectivity index (χ0v) is 11.1. The maximum absolute atomic E-state index is 11.5. The van der Waals surface area contributed by atoms with Gasteiger partial charge in [0, 0.05) is 11.1 Å². The van der Waals surface area contributed by atoms with E-state index in [0.717, 1.165) is 5.56 Å². The van der Waals surface area contributed by atoms with Crippen LogP contribution in [0.25, 0.3) is 0 Å². The molecule has 2 atom stereocenters. The van der Waals surface area contributed by atoms with E-state index in [1.165, 1.54) is 7.11 Å². The molecule has 3 nitrogen and oxygen atoms in total. The maximum atomic E-state index is 11.5. The van der Waals surface area contributed by atoms with Gasteiger partial charge in [-0.1, -0.05) is 30.7 Å². The minimum absolute atomic E-state index is 0.0535. The summed E-state index contributed by atoms with van der Waals surface area (Å²) < 4.78 is 4.74. The van der Waals surface area contributed by atoms with Crippen molar-refractivity contribution in [2.75, 3.05) is 7.11 Å². The molecule has 0 aromatic heterocycles. The van der Waals surface area contributed by atoms with Crippen LogP contribution in [0.15, 0.2) is 24.3 Å². The Morgan fingerprint density at radius 2 is 2.24 bits per heavy atom. The van der Waals surface area contributed by atoms with Gasteiger partial charge < -0.3 is 4.74 Å². The minimum Gasteiger partial charge on any atom is -0.468 e. The molecule has 1 unspecified atom stereocenters. The van der Waals surface area contributed by atoms with Crippen molar-refractivity contribution in [3.05, 3.63) is 34.9 Å². The molecule has 1 N–H and O–H groups in total. The van der Waals surface area contributed by atoms with Gasteiger partial charge in [-0.2, -0.15) is 0 Å². The van der Waals surface area contributed by atoms with Crippen LogP contribution in [0.1, 0.15) is 31.9 Å². The Balaban J connectivity index is 2.70. The van der Waals surface area contributed by atoms with Crippen LogP contribution in [-0.2, 0) is 9.53 Å². The average molecular weight is 256 g/mol. The quantitative estimate of drug-likeness (QED) is 0.822. The molecule has 0 aliphatic heterocycles. The van der Waals surface area contributed by atoms with E-state index in [0.29, 0.717) is 11.4 Å². The SMILES string of the molecule is CCC(N[C@@H](C)c1cccc(Cl)c1)C(=O)OC. The summed E-state index contributed by atoms with van der Waals surface area (Å²) >= 11 is 5.93. The Morgan fingerprint density at radius 1 is 1.53 bits per heavy atom. The molecular weight excluding hydrogens is 238 g/mol. The van der Waals surface area contributed by atoms with Crippen LogP contribution in [0.4, 0.5) is 0 Å². The van der Waals surface area contributed by atoms with Gasteiger partial charge in [0.2, 0.25) is 0 Å². The van der Waals surface area contributed by atoms with Gasteiger partial charge in [0.15, 0.2) is 0 Å². The number of halogens is 1. The van der Waals surface area contributed by atoms with Crippen molar-refractivity contribution in [3.63, 3.8) is 0 Å². The van der Waals surface area contributed by atoms with Gasteiger partial charge in [0.1, 0.15) is 6.04 Å². The smallest absolute Gasteiger partial charge is 0.322 e. The second kappa shape index (κ2) is 6.62. The molecule has 1 rings (SSSR count). The van der Waals surface area contributed by atoms with E-state index in [-0.39, 0.29) is 18.1 Å². The Morgan fingerprint density at radius 3 is 2.76 bits per heavy atom. The summed E-state index contributed by atoms with van der Waals surface area (Å²) in [7, 11) is 1.40. The van der Waals surface area contributed by atoms with Crippen LogP contribution in [0, 0.1) is 0 Å². The third kappa shape index (κ3) is 4.02. The standard InChI is InChI=1S/C13H18ClNO2/c1-4-12(13(16)17-3)15-9(2)10-6-5-7-11(14)8-10/h5-9,12,15H,4H2,1-3H3/t9-,12?/m0/s1. The third-order valence-electron chi connectivity index (χ3n) is 2.69.